The quantitative estimate of drug-likeness (QED) is 0.128. The van der Waals surface area contributed by atoms with E-state index >= 15 is 0 Å². The van der Waals surface area contributed by atoms with Crippen LogP contribution in [-0.4, -0.2) is 44.0 Å². The van der Waals surface area contributed by atoms with Crippen molar-refractivity contribution in [3.05, 3.63) is 59.7 Å². The average molecular weight is 645 g/mol. The molecular formula is C22H18F6N4O4S4. The van der Waals surface area contributed by atoms with Crippen molar-refractivity contribution in [2.45, 2.75) is 36.3 Å². The zero-order valence-electron chi connectivity index (χ0n) is 20.4. The predicted octanol–water partition coefficient (Wildman–Crippen LogP) is 7.48. The zero-order valence-corrected chi connectivity index (χ0v) is 23.6. The van der Waals surface area contributed by atoms with Crippen molar-refractivity contribution in [1.29, 1.82) is 0 Å². The zero-order chi connectivity index (χ0) is 29.2. The third-order valence-electron chi connectivity index (χ3n) is 4.18. The van der Waals surface area contributed by atoms with E-state index in [4.69, 9.17) is 9.47 Å². The minimum atomic E-state index is -4.68. The minimum absolute atomic E-state index is 0.204. The lowest BCUT2D eigenvalue weighted by atomic mass is 10.2. The molecule has 2 aromatic heterocycles. The standard InChI is InChI=1S/2C11H9F3N2O2S2/c2*1-19-9-15-10(20-16-9)17-6-7-2-4-8(5-3-7)18-11(12,13)14/h2*2-5H,6H2,1H3. The van der Waals surface area contributed by atoms with Gasteiger partial charge in [-0.25, -0.2) is 0 Å². The van der Waals surface area contributed by atoms with Gasteiger partial charge in [-0.3, -0.25) is 0 Å². The molecule has 0 aliphatic carbocycles. The molecule has 18 heteroatoms. The Morgan fingerprint density at radius 2 is 0.975 bits per heavy atom. The summed E-state index contributed by atoms with van der Waals surface area (Å²) in [6, 6.07) is 10.9. The van der Waals surface area contributed by atoms with Gasteiger partial charge in [0.1, 0.15) is 24.7 Å². The Bertz CT molecular complexity index is 1220. The van der Waals surface area contributed by atoms with Gasteiger partial charge < -0.3 is 18.9 Å². The maximum atomic E-state index is 12.0. The molecule has 0 amide bonds. The van der Waals surface area contributed by atoms with Crippen molar-refractivity contribution in [2.75, 3.05) is 12.5 Å². The van der Waals surface area contributed by atoms with E-state index in [2.05, 4.69) is 28.2 Å². The number of alkyl halides is 6. The number of halogens is 6. The van der Waals surface area contributed by atoms with E-state index in [1.165, 1.54) is 72.1 Å². The summed E-state index contributed by atoms with van der Waals surface area (Å²) in [6.45, 7) is 0.407. The van der Waals surface area contributed by atoms with Crippen molar-refractivity contribution < 1.29 is 45.3 Å². The second kappa shape index (κ2) is 14.6. The van der Waals surface area contributed by atoms with E-state index in [0.29, 0.717) is 31.8 Å². The number of nitrogens with zero attached hydrogens (tertiary/aromatic N) is 4. The predicted molar refractivity (Wildman–Crippen MR) is 138 cm³/mol. The summed E-state index contributed by atoms with van der Waals surface area (Å²) in [7, 11) is 0. The number of ether oxygens (including phenoxy) is 4. The molecule has 8 nitrogen and oxygen atoms in total. The molecule has 0 aliphatic heterocycles. The van der Waals surface area contributed by atoms with E-state index < -0.39 is 12.7 Å². The van der Waals surface area contributed by atoms with E-state index in [0.717, 1.165) is 23.1 Å². The number of aromatic nitrogens is 4. The molecule has 0 atom stereocenters. The van der Waals surface area contributed by atoms with E-state index in [1.54, 1.807) is 0 Å². The number of hydrogen-bond acceptors (Lipinski definition) is 12. The molecule has 4 aromatic rings. The number of thioether (sulfide) groups is 2. The highest BCUT2D eigenvalue weighted by Gasteiger charge is 2.31. The fourth-order valence-corrected chi connectivity index (χ4v) is 4.70. The fraction of sp³-hybridized carbons (Fsp3) is 0.273. The molecule has 0 saturated carbocycles. The fourth-order valence-electron chi connectivity index (χ4n) is 2.54. The first kappa shape index (κ1) is 31.6. The Kier molecular flexibility index (Phi) is 11.5. The topological polar surface area (TPSA) is 88.5 Å². The summed E-state index contributed by atoms with van der Waals surface area (Å²) in [4.78, 5) is 8.17. The van der Waals surface area contributed by atoms with Gasteiger partial charge in [-0.1, -0.05) is 47.8 Å². The summed E-state index contributed by atoms with van der Waals surface area (Å²) in [6.07, 6.45) is -5.66. The first-order valence-corrected chi connectivity index (χ1v) is 14.6. The first-order valence-electron chi connectivity index (χ1n) is 10.6. The van der Waals surface area contributed by atoms with Crippen LogP contribution in [-0.2, 0) is 13.2 Å². The smallest absolute Gasteiger partial charge is 0.464 e. The Hall–Kier alpha value is -2.96. The molecule has 0 spiro atoms. The molecule has 4 rings (SSSR count). The molecule has 216 valence electrons. The van der Waals surface area contributed by atoms with Crippen LogP contribution >= 0.6 is 46.6 Å². The maximum absolute atomic E-state index is 12.0. The Morgan fingerprint density at radius 3 is 1.25 bits per heavy atom. The molecule has 2 aromatic carbocycles. The number of hydrogen-bond donors (Lipinski definition) is 0. The summed E-state index contributed by atoms with van der Waals surface area (Å²) in [5.74, 6) is -0.524. The van der Waals surface area contributed by atoms with Gasteiger partial charge in [0.2, 0.25) is 10.3 Å². The first-order chi connectivity index (χ1) is 18.9. The molecule has 0 N–H and O–H groups in total. The summed E-state index contributed by atoms with van der Waals surface area (Å²) in [5.41, 5.74) is 1.42. The largest absolute Gasteiger partial charge is 0.573 e. The lowest BCUT2D eigenvalue weighted by Gasteiger charge is -2.09. The molecule has 0 unspecified atom stereocenters. The number of rotatable bonds is 10. The van der Waals surface area contributed by atoms with Crippen molar-refractivity contribution in [1.82, 2.24) is 18.7 Å². The average Bonchev–Trinajstić information content (AvgIpc) is 3.56. The van der Waals surface area contributed by atoms with Crippen LogP contribution in [0.25, 0.3) is 0 Å². The number of benzene rings is 2. The van der Waals surface area contributed by atoms with Crippen LogP contribution in [0.3, 0.4) is 0 Å². The summed E-state index contributed by atoms with van der Waals surface area (Å²) < 4.78 is 98.3. The molecule has 0 aliphatic rings. The van der Waals surface area contributed by atoms with Crippen LogP contribution < -0.4 is 18.9 Å². The van der Waals surface area contributed by atoms with E-state index in [9.17, 15) is 26.3 Å². The normalized spacial score (nSPS) is 11.4. The van der Waals surface area contributed by atoms with Crippen molar-refractivity contribution >= 4 is 46.6 Å². The summed E-state index contributed by atoms with van der Waals surface area (Å²) >= 11 is 5.06. The molecular weight excluding hydrogens is 627 g/mol. The van der Waals surface area contributed by atoms with Crippen molar-refractivity contribution in [2.24, 2.45) is 0 Å². The van der Waals surface area contributed by atoms with Gasteiger partial charge in [0, 0.05) is 23.1 Å². The van der Waals surface area contributed by atoms with Gasteiger partial charge in [0.15, 0.2) is 0 Å². The Labute approximate surface area is 240 Å². The lowest BCUT2D eigenvalue weighted by Crippen LogP contribution is -2.17. The van der Waals surface area contributed by atoms with Gasteiger partial charge in [-0.15, -0.1) is 26.3 Å². The lowest BCUT2D eigenvalue weighted by molar-refractivity contribution is -0.275. The van der Waals surface area contributed by atoms with E-state index in [-0.39, 0.29) is 24.7 Å². The molecule has 40 heavy (non-hydrogen) atoms. The molecule has 0 bridgehead atoms. The minimum Gasteiger partial charge on any atom is -0.464 e. The van der Waals surface area contributed by atoms with Crippen LogP contribution in [0.15, 0.2) is 58.8 Å². The second-order valence-electron chi connectivity index (χ2n) is 7.05. The third-order valence-corrected chi connectivity index (χ3v) is 6.77. The highest BCUT2D eigenvalue weighted by Crippen LogP contribution is 2.26. The van der Waals surface area contributed by atoms with Gasteiger partial charge in [-0.2, -0.15) is 18.7 Å². The molecule has 0 saturated heterocycles. The second-order valence-corrected chi connectivity index (χ2v) is 10.0. The molecule has 0 radical (unpaired) electrons. The van der Waals surface area contributed by atoms with Crippen LogP contribution in [0.5, 0.6) is 21.9 Å². The molecule has 2 heterocycles. The van der Waals surface area contributed by atoms with Crippen molar-refractivity contribution in [3.63, 3.8) is 0 Å². The SMILES string of the molecule is CSc1nsc(OCc2ccc(OC(F)(F)F)cc2)n1.CSc1nsc(OCc2ccc(OC(F)(F)F)cc2)n1. The van der Waals surface area contributed by atoms with Crippen LogP contribution in [0, 0.1) is 0 Å². The highest BCUT2D eigenvalue weighted by atomic mass is 32.2. The monoisotopic (exact) mass is 644 g/mol. The molecule has 0 fully saturated rings. The van der Waals surface area contributed by atoms with Gasteiger partial charge >= 0.3 is 12.7 Å². The third kappa shape index (κ3) is 11.6. The van der Waals surface area contributed by atoms with Gasteiger partial charge in [0.25, 0.3) is 10.4 Å². The Morgan fingerprint density at radius 1 is 0.625 bits per heavy atom. The van der Waals surface area contributed by atoms with Crippen LogP contribution in [0.1, 0.15) is 11.1 Å². The van der Waals surface area contributed by atoms with Crippen LogP contribution in [0.2, 0.25) is 0 Å². The highest BCUT2D eigenvalue weighted by molar-refractivity contribution is 7.98. The van der Waals surface area contributed by atoms with Crippen LogP contribution in [0.4, 0.5) is 26.3 Å². The van der Waals surface area contributed by atoms with Crippen molar-refractivity contribution in [3.8, 4) is 21.9 Å². The van der Waals surface area contributed by atoms with Gasteiger partial charge in [-0.05, 0) is 47.9 Å². The van der Waals surface area contributed by atoms with E-state index in [1.807, 2.05) is 12.5 Å². The van der Waals surface area contributed by atoms with Gasteiger partial charge in [0.05, 0.1) is 0 Å². The maximum Gasteiger partial charge on any atom is 0.573 e. The Balaban J connectivity index is 0.000000220. The summed E-state index contributed by atoms with van der Waals surface area (Å²) in [5, 5.41) is 2.09.